The summed E-state index contributed by atoms with van der Waals surface area (Å²) < 4.78 is 0. The molecule has 0 N–H and O–H groups in total. The van der Waals surface area contributed by atoms with Gasteiger partial charge in [-0.15, -0.1) is 0 Å². The first-order valence-electron chi connectivity index (χ1n) is 8.72. The molecule has 0 amide bonds. The number of rotatable bonds is 8. The molecule has 0 aliphatic rings. The van der Waals surface area contributed by atoms with E-state index in [1.54, 1.807) is 22.3 Å². The first-order valence-corrected chi connectivity index (χ1v) is 8.72. The molecule has 0 bridgehead atoms. The molecule has 0 fully saturated rings. The Balaban J connectivity index is 3.25. The summed E-state index contributed by atoms with van der Waals surface area (Å²) >= 11 is 0. The van der Waals surface area contributed by atoms with Gasteiger partial charge < -0.3 is 0 Å². The summed E-state index contributed by atoms with van der Waals surface area (Å²) in [5.41, 5.74) is 7.96. The molecule has 0 aliphatic heterocycles. The van der Waals surface area contributed by atoms with Crippen molar-refractivity contribution in [1.29, 1.82) is 0 Å². The van der Waals surface area contributed by atoms with Crippen LogP contribution in [-0.4, -0.2) is 0 Å². The number of aryl methyl sites for hydroxylation is 1. The van der Waals surface area contributed by atoms with E-state index in [1.807, 2.05) is 0 Å². The van der Waals surface area contributed by atoms with Gasteiger partial charge in [0.25, 0.3) is 0 Å². The van der Waals surface area contributed by atoms with Gasteiger partial charge in [-0.05, 0) is 73.3 Å². The second-order valence-electron chi connectivity index (χ2n) is 6.20. The summed E-state index contributed by atoms with van der Waals surface area (Å²) in [6.07, 6.45) is 9.03. The molecule has 0 aliphatic carbocycles. The topological polar surface area (TPSA) is 0 Å². The molecular weight excluding hydrogens is 240 g/mol. The number of benzene rings is 1. The van der Waals surface area contributed by atoms with Crippen LogP contribution >= 0.6 is 0 Å². The Kier molecular flexibility index (Phi) is 7.34. The zero-order chi connectivity index (χ0) is 15.1. The zero-order valence-electron chi connectivity index (χ0n) is 14.6. The fourth-order valence-electron chi connectivity index (χ4n) is 3.73. The van der Waals surface area contributed by atoms with Gasteiger partial charge in [-0.25, -0.2) is 0 Å². The summed E-state index contributed by atoms with van der Waals surface area (Å²) in [6.45, 7) is 13.9. The molecule has 0 saturated carbocycles. The minimum atomic E-state index is 0.776. The molecule has 20 heavy (non-hydrogen) atoms. The van der Waals surface area contributed by atoms with Crippen molar-refractivity contribution in [3.63, 3.8) is 0 Å². The van der Waals surface area contributed by atoms with E-state index in [4.69, 9.17) is 0 Å². The Hall–Kier alpha value is -0.780. The standard InChI is InChI=1S/C20H34/c1-7-11-13-17(12-8-2)20-14-15(5)18(9-3)16(6)19(20)10-4/h14,17H,7-13H2,1-6H3. The SMILES string of the molecule is CCCCC(CCC)c1cc(C)c(CC)c(C)c1CC. The summed E-state index contributed by atoms with van der Waals surface area (Å²) in [5, 5.41) is 0. The highest BCUT2D eigenvalue weighted by atomic mass is 14.2. The lowest BCUT2D eigenvalue weighted by Gasteiger charge is -2.24. The molecule has 0 heterocycles. The molecule has 1 aromatic carbocycles. The van der Waals surface area contributed by atoms with Crippen LogP contribution in [0.15, 0.2) is 6.07 Å². The van der Waals surface area contributed by atoms with Gasteiger partial charge in [0, 0.05) is 0 Å². The molecular formula is C20H34. The number of unbranched alkanes of at least 4 members (excludes halogenated alkanes) is 1. The largest absolute Gasteiger partial charge is 0.0654 e. The summed E-state index contributed by atoms with van der Waals surface area (Å²) in [4.78, 5) is 0. The van der Waals surface area contributed by atoms with Crippen LogP contribution in [-0.2, 0) is 12.8 Å². The van der Waals surface area contributed by atoms with Crippen LogP contribution in [0.3, 0.4) is 0 Å². The van der Waals surface area contributed by atoms with E-state index in [0.717, 1.165) is 5.92 Å². The lowest BCUT2D eigenvalue weighted by atomic mass is 9.81. The van der Waals surface area contributed by atoms with Crippen LogP contribution in [0.25, 0.3) is 0 Å². The van der Waals surface area contributed by atoms with Gasteiger partial charge >= 0.3 is 0 Å². The molecule has 0 aromatic heterocycles. The Morgan fingerprint density at radius 3 is 2.00 bits per heavy atom. The predicted molar refractivity (Wildman–Crippen MR) is 91.8 cm³/mol. The van der Waals surface area contributed by atoms with Crippen molar-refractivity contribution in [2.24, 2.45) is 0 Å². The monoisotopic (exact) mass is 274 g/mol. The van der Waals surface area contributed by atoms with E-state index in [0.29, 0.717) is 0 Å². The average molecular weight is 274 g/mol. The smallest absolute Gasteiger partial charge is 0.0159 e. The third-order valence-corrected chi connectivity index (χ3v) is 4.79. The second kappa shape index (κ2) is 8.49. The molecule has 0 heteroatoms. The van der Waals surface area contributed by atoms with E-state index in [9.17, 15) is 0 Å². The van der Waals surface area contributed by atoms with Gasteiger partial charge in [0.15, 0.2) is 0 Å². The van der Waals surface area contributed by atoms with Crippen molar-refractivity contribution in [2.45, 2.75) is 92.4 Å². The van der Waals surface area contributed by atoms with E-state index in [-0.39, 0.29) is 0 Å². The van der Waals surface area contributed by atoms with Gasteiger partial charge in [0.05, 0.1) is 0 Å². The highest BCUT2D eigenvalue weighted by Gasteiger charge is 2.18. The first kappa shape index (κ1) is 17.3. The highest BCUT2D eigenvalue weighted by molar-refractivity contribution is 5.46. The van der Waals surface area contributed by atoms with Gasteiger partial charge in [-0.1, -0.05) is 53.0 Å². The van der Waals surface area contributed by atoms with Gasteiger partial charge in [0.2, 0.25) is 0 Å². The van der Waals surface area contributed by atoms with Crippen molar-refractivity contribution in [3.05, 3.63) is 33.9 Å². The third kappa shape index (κ3) is 3.87. The Morgan fingerprint density at radius 2 is 1.50 bits per heavy atom. The minimum Gasteiger partial charge on any atom is -0.0654 e. The number of hydrogen-bond acceptors (Lipinski definition) is 0. The normalized spacial score (nSPS) is 12.7. The van der Waals surface area contributed by atoms with Crippen molar-refractivity contribution < 1.29 is 0 Å². The van der Waals surface area contributed by atoms with Crippen LogP contribution in [0.4, 0.5) is 0 Å². The fraction of sp³-hybridized carbons (Fsp3) is 0.700. The van der Waals surface area contributed by atoms with Crippen molar-refractivity contribution in [3.8, 4) is 0 Å². The van der Waals surface area contributed by atoms with Crippen LogP contribution in [0.2, 0.25) is 0 Å². The predicted octanol–water partition coefficient (Wildman–Crippen LogP) is 6.50. The molecule has 1 atom stereocenters. The lowest BCUT2D eigenvalue weighted by Crippen LogP contribution is -2.08. The van der Waals surface area contributed by atoms with Crippen LogP contribution in [0.1, 0.15) is 93.5 Å². The van der Waals surface area contributed by atoms with Crippen LogP contribution in [0.5, 0.6) is 0 Å². The van der Waals surface area contributed by atoms with Gasteiger partial charge in [-0.3, -0.25) is 0 Å². The van der Waals surface area contributed by atoms with E-state index >= 15 is 0 Å². The molecule has 0 nitrogen and oxygen atoms in total. The lowest BCUT2D eigenvalue weighted by molar-refractivity contribution is 0.537. The van der Waals surface area contributed by atoms with E-state index in [1.165, 1.54) is 50.5 Å². The van der Waals surface area contributed by atoms with Crippen molar-refractivity contribution in [1.82, 2.24) is 0 Å². The molecule has 0 radical (unpaired) electrons. The molecule has 114 valence electrons. The maximum atomic E-state index is 2.51. The summed E-state index contributed by atoms with van der Waals surface area (Å²) in [7, 11) is 0. The number of hydrogen-bond donors (Lipinski definition) is 0. The summed E-state index contributed by atoms with van der Waals surface area (Å²) in [5.74, 6) is 0.776. The van der Waals surface area contributed by atoms with E-state index in [2.05, 4.69) is 47.6 Å². The molecule has 1 aromatic rings. The first-order chi connectivity index (χ1) is 9.60. The maximum Gasteiger partial charge on any atom is -0.0159 e. The molecule has 0 spiro atoms. The van der Waals surface area contributed by atoms with E-state index < -0.39 is 0 Å². The minimum absolute atomic E-state index is 0.776. The second-order valence-corrected chi connectivity index (χ2v) is 6.20. The van der Waals surface area contributed by atoms with Crippen LogP contribution in [0, 0.1) is 13.8 Å². The quantitative estimate of drug-likeness (QED) is 0.507. The Labute approximate surface area is 127 Å². The molecule has 0 saturated heterocycles. The van der Waals surface area contributed by atoms with Gasteiger partial charge in [0.1, 0.15) is 0 Å². The van der Waals surface area contributed by atoms with Crippen LogP contribution < -0.4 is 0 Å². The van der Waals surface area contributed by atoms with Gasteiger partial charge in [-0.2, -0.15) is 0 Å². The highest BCUT2D eigenvalue weighted by Crippen LogP contribution is 2.34. The molecule has 1 unspecified atom stereocenters. The average Bonchev–Trinajstić information content (AvgIpc) is 2.43. The Bertz CT molecular complexity index is 415. The Morgan fingerprint density at radius 1 is 0.850 bits per heavy atom. The summed E-state index contributed by atoms with van der Waals surface area (Å²) in [6, 6.07) is 2.51. The van der Waals surface area contributed by atoms with Crippen molar-refractivity contribution >= 4 is 0 Å². The fourth-order valence-corrected chi connectivity index (χ4v) is 3.73. The zero-order valence-corrected chi connectivity index (χ0v) is 14.6. The molecule has 1 rings (SSSR count). The maximum absolute atomic E-state index is 2.51. The van der Waals surface area contributed by atoms with Crippen molar-refractivity contribution in [2.75, 3.05) is 0 Å². The third-order valence-electron chi connectivity index (χ3n) is 4.79.